The van der Waals surface area contributed by atoms with Gasteiger partial charge in [-0.15, -0.1) is 0 Å². The molecule has 92 valence electrons. The average molecular weight is 234 g/mol. The summed E-state index contributed by atoms with van der Waals surface area (Å²) in [5, 5.41) is 3.10. The van der Waals surface area contributed by atoms with E-state index in [1.807, 2.05) is 42.3 Å². The molecule has 1 aliphatic rings. The van der Waals surface area contributed by atoms with E-state index < -0.39 is 0 Å². The lowest BCUT2D eigenvalue weighted by Gasteiger charge is -2.35. The number of carbonyl (C=O) groups excluding carboxylic acids is 1. The smallest absolute Gasteiger partial charge is 0.254 e. The first-order chi connectivity index (χ1) is 8.33. The highest BCUT2D eigenvalue weighted by Crippen LogP contribution is 2.12. The molecule has 1 atom stereocenters. The van der Waals surface area contributed by atoms with Gasteiger partial charge in [0.1, 0.15) is 0 Å². The van der Waals surface area contributed by atoms with Gasteiger partial charge in [-0.3, -0.25) is 4.79 Å². The highest BCUT2D eigenvalue weighted by molar-refractivity contribution is 5.94. The Hall–Kier alpha value is -1.39. The fourth-order valence-electron chi connectivity index (χ4n) is 2.07. The lowest BCUT2D eigenvalue weighted by Crippen LogP contribution is -2.52. The molecular formula is C13H18N2O2. The molecule has 1 aliphatic heterocycles. The van der Waals surface area contributed by atoms with E-state index in [1.165, 1.54) is 0 Å². The molecule has 2 rings (SSSR count). The van der Waals surface area contributed by atoms with Crippen LogP contribution in [-0.2, 0) is 4.74 Å². The van der Waals surface area contributed by atoms with Crippen molar-refractivity contribution < 1.29 is 9.53 Å². The molecule has 0 unspecified atom stereocenters. The SMILES string of the molecule is CNC[C@H]1COCCN1C(=O)c1ccccc1. The highest BCUT2D eigenvalue weighted by atomic mass is 16.5. The van der Waals surface area contributed by atoms with Gasteiger partial charge >= 0.3 is 0 Å². The van der Waals surface area contributed by atoms with Crippen LogP contribution in [-0.4, -0.2) is 50.2 Å². The number of hydrogen-bond donors (Lipinski definition) is 1. The number of morpholine rings is 1. The van der Waals surface area contributed by atoms with Crippen LogP contribution in [0.2, 0.25) is 0 Å². The molecular weight excluding hydrogens is 216 g/mol. The Bertz CT molecular complexity index is 365. The summed E-state index contributed by atoms with van der Waals surface area (Å²) in [5.41, 5.74) is 0.746. The molecule has 4 heteroatoms. The molecule has 0 aromatic heterocycles. The van der Waals surface area contributed by atoms with E-state index in [4.69, 9.17) is 4.74 Å². The zero-order valence-electron chi connectivity index (χ0n) is 10.1. The zero-order valence-corrected chi connectivity index (χ0v) is 10.1. The van der Waals surface area contributed by atoms with Crippen molar-refractivity contribution in [1.29, 1.82) is 0 Å². The normalized spacial score (nSPS) is 20.3. The van der Waals surface area contributed by atoms with Crippen LogP contribution in [0.15, 0.2) is 30.3 Å². The van der Waals surface area contributed by atoms with Crippen molar-refractivity contribution in [3.63, 3.8) is 0 Å². The van der Waals surface area contributed by atoms with Gasteiger partial charge in [0.05, 0.1) is 19.3 Å². The number of ether oxygens (including phenoxy) is 1. The van der Waals surface area contributed by atoms with Crippen molar-refractivity contribution in [2.45, 2.75) is 6.04 Å². The third-order valence-electron chi connectivity index (χ3n) is 2.95. The molecule has 4 nitrogen and oxygen atoms in total. The third kappa shape index (κ3) is 2.84. The topological polar surface area (TPSA) is 41.6 Å². The van der Waals surface area contributed by atoms with Crippen LogP contribution in [0, 0.1) is 0 Å². The lowest BCUT2D eigenvalue weighted by molar-refractivity contribution is -0.000974. The summed E-state index contributed by atoms with van der Waals surface area (Å²) >= 11 is 0. The summed E-state index contributed by atoms with van der Waals surface area (Å²) < 4.78 is 5.42. The highest BCUT2D eigenvalue weighted by Gasteiger charge is 2.27. The van der Waals surface area contributed by atoms with Gasteiger partial charge in [0.25, 0.3) is 5.91 Å². The number of amides is 1. The van der Waals surface area contributed by atoms with Gasteiger partial charge in [-0.2, -0.15) is 0 Å². The van der Waals surface area contributed by atoms with Crippen LogP contribution in [0.3, 0.4) is 0 Å². The van der Waals surface area contributed by atoms with Gasteiger partial charge in [-0.25, -0.2) is 0 Å². The Morgan fingerprint density at radius 1 is 1.47 bits per heavy atom. The number of nitrogens with zero attached hydrogens (tertiary/aromatic N) is 1. The van der Waals surface area contributed by atoms with Crippen LogP contribution in [0.5, 0.6) is 0 Å². The molecule has 17 heavy (non-hydrogen) atoms. The fourth-order valence-corrected chi connectivity index (χ4v) is 2.07. The first-order valence-corrected chi connectivity index (χ1v) is 5.91. The minimum absolute atomic E-state index is 0.0918. The molecule has 1 heterocycles. The van der Waals surface area contributed by atoms with Crippen LogP contribution in [0.1, 0.15) is 10.4 Å². The van der Waals surface area contributed by atoms with E-state index in [0.29, 0.717) is 19.8 Å². The van der Waals surface area contributed by atoms with Gasteiger partial charge in [0, 0.05) is 18.7 Å². The minimum atomic E-state index is 0.0918. The Kier molecular flexibility index (Phi) is 4.12. The van der Waals surface area contributed by atoms with Crippen molar-refractivity contribution in [3.8, 4) is 0 Å². The Morgan fingerprint density at radius 3 is 2.94 bits per heavy atom. The number of nitrogens with one attached hydrogen (secondary N) is 1. The Balaban J connectivity index is 2.11. The number of benzene rings is 1. The fraction of sp³-hybridized carbons (Fsp3) is 0.462. The largest absolute Gasteiger partial charge is 0.377 e. The molecule has 0 saturated carbocycles. The van der Waals surface area contributed by atoms with E-state index in [1.54, 1.807) is 0 Å². The molecule has 0 radical (unpaired) electrons. The van der Waals surface area contributed by atoms with Gasteiger partial charge in [0.15, 0.2) is 0 Å². The van der Waals surface area contributed by atoms with Crippen LogP contribution < -0.4 is 5.32 Å². The van der Waals surface area contributed by atoms with Crippen molar-refractivity contribution in [1.82, 2.24) is 10.2 Å². The maximum absolute atomic E-state index is 12.3. The van der Waals surface area contributed by atoms with E-state index >= 15 is 0 Å². The lowest BCUT2D eigenvalue weighted by atomic mass is 10.1. The Morgan fingerprint density at radius 2 is 2.24 bits per heavy atom. The monoisotopic (exact) mass is 234 g/mol. The van der Waals surface area contributed by atoms with E-state index in [0.717, 1.165) is 12.1 Å². The first-order valence-electron chi connectivity index (χ1n) is 5.91. The van der Waals surface area contributed by atoms with Gasteiger partial charge in [0.2, 0.25) is 0 Å². The zero-order chi connectivity index (χ0) is 12.1. The van der Waals surface area contributed by atoms with E-state index in [9.17, 15) is 4.79 Å². The Labute approximate surface area is 102 Å². The quantitative estimate of drug-likeness (QED) is 0.839. The maximum atomic E-state index is 12.3. The maximum Gasteiger partial charge on any atom is 0.254 e. The molecule has 1 fully saturated rings. The van der Waals surface area contributed by atoms with Crippen molar-refractivity contribution >= 4 is 5.91 Å². The summed E-state index contributed by atoms with van der Waals surface area (Å²) in [6, 6.07) is 9.53. The molecule has 1 N–H and O–H groups in total. The first kappa shape index (κ1) is 12.1. The van der Waals surface area contributed by atoms with E-state index in [-0.39, 0.29) is 11.9 Å². The molecule has 0 aliphatic carbocycles. The van der Waals surface area contributed by atoms with Crippen LogP contribution >= 0.6 is 0 Å². The van der Waals surface area contributed by atoms with Crippen LogP contribution in [0.25, 0.3) is 0 Å². The number of rotatable bonds is 3. The van der Waals surface area contributed by atoms with Crippen molar-refractivity contribution in [3.05, 3.63) is 35.9 Å². The van der Waals surface area contributed by atoms with Gasteiger partial charge < -0.3 is 15.0 Å². The number of likely N-dealkylation sites (N-methyl/N-ethyl adjacent to an activating group) is 1. The molecule has 0 bridgehead atoms. The summed E-state index contributed by atoms with van der Waals surface area (Å²) in [5.74, 6) is 0.0918. The van der Waals surface area contributed by atoms with Crippen molar-refractivity contribution in [2.75, 3.05) is 33.4 Å². The van der Waals surface area contributed by atoms with Crippen molar-refractivity contribution in [2.24, 2.45) is 0 Å². The average Bonchev–Trinajstić information content (AvgIpc) is 2.40. The van der Waals surface area contributed by atoms with E-state index in [2.05, 4.69) is 5.32 Å². The summed E-state index contributed by atoms with van der Waals surface area (Å²) in [6.07, 6.45) is 0. The molecule has 1 saturated heterocycles. The predicted molar refractivity (Wildman–Crippen MR) is 66.0 cm³/mol. The summed E-state index contributed by atoms with van der Waals surface area (Å²) in [7, 11) is 1.89. The third-order valence-corrected chi connectivity index (χ3v) is 2.95. The number of hydrogen-bond acceptors (Lipinski definition) is 3. The predicted octanol–water partition coefficient (Wildman–Crippen LogP) is 0.747. The molecule has 1 amide bonds. The van der Waals surface area contributed by atoms with Gasteiger partial charge in [-0.05, 0) is 19.2 Å². The second-order valence-corrected chi connectivity index (χ2v) is 4.15. The number of carbonyl (C=O) groups is 1. The molecule has 1 aromatic rings. The molecule has 0 spiro atoms. The second-order valence-electron chi connectivity index (χ2n) is 4.15. The molecule has 1 aromatic carbocycles. The standard InChI is InChI=1S/C13H18N2O2/c1-14-9-12-10-17-8-7-15(12)13(16)11-5-3-2-4-6-11/h2-6,12,14H,7-10H2,1H3/t12-/m0/s1. The second kappa shape index (κ2) is 5.80. The minimum Gasteiger partial charge on any atom is -0.377 e. The van der Waals surface area contributed by atoms with Gasteiger partial charge in [-0.1, -0.05) is 18.2 Å². The summed E-state index contributed by atoms with van der Waals surface area (Å²) in [4.78, 5) is 14.2. The van der Waals surface area contributed by atoms with Crippen LogP contribution in [0.4, 0.5) is 0 Å². The summed E-state index contributed by atoms with van der Waals surface area (Å²) in [6.45, 7) is 2.66.